The highest BCUT2D eigenvalue weighted by Gasteiger charge is 2.35. The molecule has 2 unspecified atom stereocenters. The first-order chi connectivity index (χ1) is 8.65. The van der Waals surface area contributed by atoms with E-state index in [1.54, 1.807) is 19.4 Å². The minimum atomic E-state index is -0.217. The molecule has 0 aromatic carbocycles. The van der Waals surface area contributed by atoms with Crippen molar-refractivity contribution in [3.63, 3.8) is 0 Å². The quantitative estimate of drug-likeness (QED) is 0.817. The molecule has 0 spiro atoms. The van der Waals surface area contributed by atoms with Gasteiger partial charge < -0.3 is 4.74 Å². The number of piperidine rings is 1. The van der Waals surface area contributed by atoms with Crippen LogP contribution in [0.15, 0.2) is 18.3 Å². The average molecular weight is 248 g/mol. The Bertz CT molecular complexity index is 456. The molecule has 1 N–H and O–H groups in total. The molecule has 96 valence electrons. The fourth-order valence-electron chi connectivity index (χ4n) is 2.36. The van der Waals surface area contributed by atoms with Crippen LogP contribution in [-0.2, 0) is 9.59 Å². The van der Waals surface area contributed by atoms with E-state index in [0.29, 0.717) is 18.7 Å². The van der Waals surface area contributed by atoms with E-state index in [4.69, 9.17) is 4.74 Å². The summed E-state index contributed by atoms with van der Waals surface area (Å²) in [6.45, 7) is 1.95. The lowest BCUT2D eigenvalue weighted by Gasteiger charge is -2.29. The molecule has 5 nitrogen and oxygen atoms in total. The predicted octanol–water partition coefficient (Wildman–Crippen LogP) is 1.25. The smallest absolute Gasteiger partial charge is 0.230 e. The number of aromatic nitrogens is 1. The normalized spacial score (nSPS) is 23.7. The number of hydrogen-bond donors (Lipinski definition) is 1. The summed E-state index contributed by atoms with van der Waals surface area (Å²) in [5, 5.41) is 2.38. The van der Waals surface area contributed by atoms with Gasteiger partial charge in [-0.3, -0.25) is 14.9 Å². The Morgan fingerprint density at radius 3 is 2.78 bits per heavy atom. The Balaban J connectivity index is 2.27. The molecule has 0 bridgehead atoms. The summed E-state index contributed by atoms with van der Waals surface area (Å²) in [5.74, 6) is -0.133. The zero-order valence-electron chi connectivity index (χ0n) is 10.5. The number of nitrogens with one attached hydrogen (secondary N) is 1. The van der Waals surface area contributed by atoms with E-state index in [1.807, 2.05) is 13.0 Å². The summed E-state index contributed by atoms with van der Waals surface area (Å²) in [6, 6.07) is 3.62. The zero-order valence-corrected chi connectivity index (χ0v) is 10.5. The van der Waals surface area contributed by atoms with Gasteiger partial charge >= 0.3 is 0 Å². The van der Waals surface area contributed by atoms with Crippen molar-refractivity contribution >= 4 is 11.8 Å². The molecule has 0 radical (unpaired) electrons. The van der Waals surface area contributed by atoms with Crippen molar-refractivity contribution in [1.82, 2.24) is 10.3 Å². The van der Waals surface area contributed by atoms with Crippen molar-refractivity contribution in [3.05, 3.63) is 23.9 Å². The summed E-state index contributed by atoms with van der Waals surface area (Å²) in [6.07, 6.45) is 2.71. The molecular weight excluding hydrogens is 232 g/mol. The standard InChI is InChI=1S/C13H16N2O3/c1-3-9-10(6-11(16)15-13(9)17)8-4-5-12(18-2)14-7-8/h4-5,7,9-10H,3,6H2,1-2H3,(H,15,16,17). The molecule has 0 saturated carbocycles. The van der Waals surface area contributed by atoms with E-state index >= 15 is 0 Å². The van der Waals surface area contributed by atoms with E-state index in [2.05, 4.69) is 10.3 Å². The monoisotopic (exact) mass is 248 g/mol. The molecule has 1 aromatic rings. The number of imide groups is 1. The van der Waals surface area contributed by atoms with Gasteiger partial charge in [0.2, 0.25) is 17.7 Å². The largest absolute Gasteiger partial charge is 0.481 e. The number of pyridine rings is 1. The van der Waals surface area contributed by atoms with Crippen LogP contribution in [-0.4, -0.2) is 23.9 Å². The van der Waals surface area contributed by atoms with E-state index in [9.17, 15) is 9.59 Å². The lowest BCUT2D eigenvalue weighted by Crippen LogP contribution is -2.44. The first kappa shape index (κ1) is 12.5. The molecule has 0 aliphatic carbocycles. The summed E-state index contributed by atoms with van der Waals surface area (Å²) < 4.78 is 4.99. The van der Waals surface area contributed by atoms with Crippen molar-refractivity contribution < 1.29 is 14.3 Å². The summed E-state index contributed by atoms with van der Waals surface area (Å²) in [5.41, 5.74) is 0.908. The van der Waals surface area contributed by atoms with Gasteiger partial charge in [0.25, 0.3) is 0 Å². The van der Waals surface area contributed by atoms with Crippen molar-refractivity contribution in [2.45, 2.75) is 25.7 Å². The Labute approximate surface area is 106 Å². The van der Waals surface area contributed by atoms with E-state index in [1.165, 1.54) is 0 Å². The summed E-state index contributed by atoms with van der Waals surface area (Å²) in [4.78, 5) is 27.4. The number of carbonyl (C=O) groups excluding carboxylic acids is 2. The molecule has 1 saturated heterocycles. The molecule has 18 heavy (non-hydrogen) atoms. The molecule has 5 heteroatoms. The number of hydrogen-bond acceptors (Lipinski definition) is 4. The third kappa shape index (κ3) is 2.34. The number of ether oxygens (including phenoxy) is 1. The third-order valence-electron chi connectivity index (χ3n) is 3.33. The summed E-state index contributed by atoms with van der Waals surface area (Å²) >= 11 is 0. The highest BCUT2D eigenvalue weighted by Crippen LogP contribution is 2.33. The maximum absolute atomic E-state index is 11.8. The Kier molecular flexibility index (Phi) is 3.60. The van der Waals surface area contributed by atoms with Crippen molar-refractivity contribution in [1.29, 1.82) is 0 Å². The van der Waals surface area contributed by atoms with Gasteiger partial charge in [-0.2, -0.15) is 0 Å². The van der Waals surface area contributed by atoms with Crippen LogP contribution in [0.2, 0.25) is 0 Å². The van der Waals surface area contributed by atoms with Crippen molar-refractivity contribution in [2.75, 3.05) is 7.11 Å². The molecule has 1 aliphatic rings. The second kappa shape index (κ2) is 5.16. The fraction of sp³-hybridized carbons (Fsp3) is 0.462. The molecule has 1 aromatic heterocycles. The van der Waals surface area contributed by atoms with E-state index in [0.717, 1.165) is 5.56 Å². The third-order valence-corrected chi connectivity index (χ3v) is 3.33. The van der Waals surface area contributed by atoms with Gasteiger partial charge in [0.05, 0.1) is 7.11 Å². The van der Waals surface area contributed by atoms with Gasteiger partial charge in [-0.15, -0.1) is 0 Å². The molecular formula is C13H16N2O3. The minimum absolute atomic E-state index is 0.0883. The Morgan fingerprint density at radius 2 is 2.22 bits per heavy atom. The molecule has 1 fully saturated rings. The van der Waals surface area contributed by atoms with Gasteiger partial charge in [-0.05, 0) is 12.0 Å². The molecule has 2 atom stereocenters. The maximum Gasteiger partial charge on any atom is 0.230 e. The lowest BCUT2D eigenvalue weighted by molar-refractivity contribution is -0.137. The van der Waals surface area contributed by atoms with E-state index in [-0.39, 0.29) is 23.7 Å². The number of rotatable bonds is 3. The van der Waals surface area contributed by atoms with Crippen molar-refractivity contribution in [3.8, 4) is 5.88 Å². The molecule has 2 heterocycles. The van der Waals surface area contributed by atoms with Gasteiger partial charge in [-0.1, -0.05) is 13.0 Å². The van der Waals surface area contributed by atoms with Crippen LogP contribution in [0.5, 0.6) is 5.88 Å². The topological polar surface area (TPSA) is 68.3 Å². The molecule has 1 aliphatic heterocycles. The van der Waals surface area contributed by atoms with Crippen LogP contribution in [0.4, 0.5) is 0 Å². The number of carbonyl (C=O) groups is 2. The minimum Gasteiger partial charge on any atom is -0.481 e. The summed E-state index contributed by atoms with van der Waals surface area (Å²) in [7, 11) is 1.55. The fourth-order valence-corrected chi connectivity index (χ4v) is 2.36. The second-order valence-corrected chi connectivity index (χ2v) is 4.37. The highest BCUT2D eigenvalue weighted by atomic mass is 16.5. The van der Waals surface area contributed by atoms with Gasteiger partial charge in [0.1, 0.15) is 0 Å². The predicted molar refractivity (Wildman–Crippen MR) is 65.1 cm³/mol. The Hall–Kier alpha value is -1.91. The molecule has 2 amide bonds. The van der Waals surface area contributed by atoms with Crippen LogP contribution in [0.3, 0.4) is 0 Å². The maximum atomic E-state index is 11.8. The van der Waals surface area contributed by atoms with Gasteiger partial charge in [-0.25, -0.2) is 4.98 Å². The zero-order chi connectivity index (χ0) is 13.1. The van der Waals surface area contributed by atoms with Crippen LogP contribution >= 0.6 is 0 Å². The van der Waals surface area contributed by atoms with Crippen LogP contribution in [0.1, 0.15) is 31.2 Å². The van der Waals surface area contributed by atoms with Gasteiger partial charge in [0, 0.05) is 30.5 Å². The first-order valence-corrected chi connectivity index (χ1v) is 5.99. The van der Waals surface area contributed by atoms with Crippen LogP contribution in [0, 0.1) is 5.92 Å². The van der Waals surface area contributed by atoms with E-state index < -0.39 is 0 Å². The van der Waals surface area contributed by atoms with Crippen LogP contribution in [0.25, 0.3) is 0 Å². The molecule has 2 rings (SSSR count). The Morgan fingerprint density at radius 1 is 1.44 bits per heavy atom. The van der Waals surface area contributed by atoms with Gasteiger partial charge in [0.15, 0.2) is 0 Å². The SMILES string of the molecule is CCC1C(=O)NC(=O)CC1c1ccc(OC)nc1. The highest BCUT2D eigenvalue weighted by molar-refractivity contribution is 5.99. The second-order valence-electron chi connectivity index (χ2n) is 4.37. The lowest BCUT2D eigenvalue weighted by atomic mass is 9.79. The number of amides is 2. The first-order valence-electron chi connectivity index (χ1n) is 5.99. The van der Waals surface area contributed by atoms with Crippen LogP contribution < -0.4 is 10.1 Å². The number of nitrogens with zero attached hydrogens (tertiary/aromatic N) is 1. The average Bonchev–Trinajstić information content (AvgIpc) is 2.38. The van der Waals surface area contributed by atoms with Crippen molar-refractivity contribution in [2.24, 2.45) is 5.92 Å². The number of methoxy groups -OCH3 is 1.